The quantitative estimate of drug-likeness (QED) is 0.776. The van der Waals surface area contributed by atoms with Gasteiger partial charge in [-0.3, -0.25) is 9.10 Å². The molecule has 26 heavy (non-hydrogen) atoms. The third-order valence-electron chi connectivity index (χ3n) is 3.56. The van der Waals surface area contributed by atoms with Gasteiger partial charge in [-0.2, -0.15) is 0 Å². The molecule has 6 nitrogen and oxygen atoms in total. The molecule has 0 spiro atoms. The van der Waals surface area contributed by atoms with Crippen LogP contribution in [0.2, 0.25) is 10.0 Å². The zero-order valence-electron chi connectivity index (χ0n) is 14.4. The molecular formula is C17H18Cl2N2O4S. The predicted molar refractivity (Wildman–Crippen MR) is 105 cm³/mol. The zero-order valence-corrected chi connectivity index (χ0v) is 16.7. The van der Waals surface area contributed by atoms with E-state index in [4.69, 9.17) is 27.9 Å². The van der Waals surface area contributed by atoms with Gasteiger partial charge in [0.2, 0.25) is 15.9 Å². The first kappa shape index (κ1) is 20.4. The van der Waals surface area contributed by atoms with Gasteiger partial charge in [0.25, 0.3) is 0 Å². The van der Waals surface area contributed by atoms with Gasteiger partial charge in [0.1, 0.15) is 11.8 Å². The number of hydrogen-bond donors (Lipinski definition) is 1. The maximum Gasteiger partial charge on any atom is 0.248 e. The fraction of sp³-hybridized carbons (Fsp3) is 0.235. The van der Waals surface area contributed by atoms with Crippen molar-refractivity contribution in [2.45, 2.75) is 13.0 Å². The fourth-order valence-electron chi connectivity index (χ4n) is 2.46. The number of para-hydroxylation sites is 2. The molecule has 140 valence electrons. The van der Waals surface area contributed by atoms with E-state index in [-0.39, 0.29) is 15.7 Å². The lowest BCUT2D eigenvalue weighted by atomic mass is 10.2. The Morgan fingerprint density at radius 2 is 1.73 bits per heavy atom. The van der Waals surface area contributed by atoms with Gasteiger partial charge in [-0.05, 0) is 37.3 Å². The molecule has 0 saturated carbocycles. The molecule has 0 fully saturated rings. The van der Waals surface area contributed by atoms with Crippen LogP contribution >= 0.6 is 23.2 Å². The van der Waals surface area contributed by atoms with E-state index in [1.54, 1.807) is 24.3 Å². The van der Waals surface area contributed by atoms with Gasteiger partial charge in [-0.15, -0.1) is 0 Å². The summed E-state index contributed by atoms with van der Waals surface area (Å²) in [5.74, 6) is -0.0687. The molecule has 9 heteroatoms. The van der Waals surface area contributed by atoms with E-state index in [0.29, 0.717) is 11.4 Å². The Kier molecular flexibility index (Phi) is 6.39. The van der Waals surface area contributed by atoms with Crippen molar-refractivity contribution >= 4 is 50.5 Å². The van der Waals surface area contributed by atoms with E-state index in [9.17, 15) is 13.2 Å². The van der Waals surface area contributed by atoms with Crippen LogP contribution in [0.1, 0.15) is 6.92 Å². The van der Waals surface area contributed by atoms with Crippen LogP contribution in [0.25, 0.3) is 0 Å². The van der Waals surface area contributed by atoms with Crippen LogP contribution in [0, 0.1) is 0 Å². The van der Waals surface area contributed by atoms with Crippen LogP contribution in [0.15, 0.2) is 42.5 Å². The number of carbonyl (C=O) groups excluding carboxylic acids is 1. The molecule has 0 bridgehead atoms. The van der Waals surface area contributed by atoms with Crippen molar-refractivity contribution in [1.29, 1.82) is 0 Å². The summed E-state index contributed by atoms with van der Waals surface area (Å²) in [4.78, 5) is 12.7. The van der Waals surface area contributed by atoms with Crippen molar-refractivity contribution in [2.75, 3.05) is 23.0 Å². The molecule has 2 aromatic carbocycles. The minimum absolute atomic E-state index is 0.202. The molecule has 0 aliphatic rings. The first-order valence-electron chi connectivity index (χ1n) is 7.53. The normalized spacial score (nSPS) is 12.3. The lowest BCUT2D eigenvalue weighted by Gasteiger charge is -2.28. The number of nitrogens with zero attached hydrogens (tertiary/aromatic N) is 1. The van der Waals surface area contributed by atoms with E-state index in [0.717, 1.165) is 10.6 Å². The largest absolute Gasteiger partial charge is 0.495 e. The molecule has 1 atom stereocenters. The molecule has 1 amide bonds. The number of hydrogen-bond acceptors (Lipinski definition) is 4. The highest BCUT2D eigenvalue weighted by Gasteiger charge is 2.30. The second-order valence-corrected chi connectivity index (χ2v) is 8.28. The van der Waals surface area contributed by atoms with Crippen LogP contribution in [-0.4, -0.2) is 33.7 Å². The summed E-state index contributed by atoms with van der Waals surface area (Å²) in [6.07, 6.45) is 1.01. The summed E-state index contributed by atoms with van der Waals surface area (Å²) in [5.41, 5.74) is 0.636. The number of amides is 1. The van der Waals surface area contributed by atoms with Crippen LogP contribution in [0.3, 0.4) is 0 Å². The summed E-state index contributed by atoms with van der Waals surface area (Å²) in [7, 11) is -2.30. The first-order chi connectivity index (χ1) is 12.1. The van der Waals surface area contributed by atoms with Crippen LogP contribution in [0.5, 0.6) is 5.75 Å². The molecule has 0 radical (unpaired) electrons. The van der Waals surface area contributed by atoms with Crippen LogP contribution in [0.4, 0.5) is 11.4 Å². The van der Waals surface area contributed by atoms with Crippen molar-refractivity contribution in [3.8, 4) is 5.75 Å². The van der Waals surface area contributed by atoms with Gasteiger partial charge in [0.15, 0.2) is 0 Å². The smallest absolute Gasteiger partial charge is 0.248 e. The average molecular weight is 417 g/mol. The lowest BCUT2D eigenvalue weighted by molar-refractivity contribution is -0.116. The monoisotopic (exact) mass is 416 g/mol. The number of carbonyl (C=O) groups is 1. The Balaban J connectivity index is 2.38. The Bertz CT molecular complexity index is 898. The minimum Gasteiger partial charge on any atom is -0.495 e. The number of ether oxygens (including phenoxy) is 1. The fourth-order valence-corrected chi connectivity index (χ4v) is 4.13. The van der Waals surface area contributed by atoms with Gasteiger partial charge >= 0.3 is 0 Å². The average Bonchev–Trinajstić information content (AvgIpc) is 2.53. The third-order valence-corrected chi connectivity index (χ3v) is 5.23. The van der Waals surface area contributed by atoms with Crippen molar-refractivity contribution in [1.82, 2.24) is 0 Å². The Morgan fingerprint density at radius 1 is 1.15 bits per heavy atom. The molecule has 0 aliphatic heterocycles. The summed E-state index contributed by atoms with van der Waals surface area (Å²) >= 11 is 11.9. The molecular weight excluding hydrogens is 399 g/mol. The summed E-state index contributed by atoms with van der Waals surface area (Å²) < 4.78 is 30.8. The molecule has 0 saturated heterocycles. The topological polar surface area (TPSA) is 75.7 Å². The highest BCUT2D eigenvalue weighted by atomic mass is 35.5. The number of nitrogens with one attached hydrogen (secondary N) is 1. The number of halogens is 2. The maximum absolute atomic E-state index is 12.7. The van der Waals surface area contributed by atoms with Gasteiger partial charge in [0, 0.05) is 10.0 Å². The standard InChI is InChI=1S/C17H18Cl2N2O4S/c1-11(17(22)20-15-6-4-5-7-16(15)25-2)21(26(3,23)24)14-9-12(18)8-13(19)10-14/h4-11H,1-3H3,(H,20,22). The minimum atomic E-state index is -3.78. The zero-order chi connectivity index (χ0) is 19.5. The second kappa shape index (κ2) is 8.16. The first-order valence-corrected chi connectivity index (χ1v) is 10.1. The number of rotatable bonds is 6. The number of anilines is 2. The Morgan fingerprint density at radius 3 is 2.27 bits per heavy atom. The molecule has 2 aromatic rings. The Labute approximate surface area is 162 Å². The van der Waals surface area contributed by atoms with Crippen LogP contribution in [-0.2, 0) is 14.8 Å². The predicted octanol–water partition coefficient (Wildman–Crippen LogP) is 3.80. The van der Waals surface area contributed by atoms with Gasteiger partial charge in [-0.25, -0.2) is 8.42 Å². The molecule has 1 unspecified atom stereocenters. The van der Waals surface area contributed by atoms with E-state index in [2.05, 4.69) is 5.32 Å². The van der Waals surface area contributed by atoms with Crippen molar-refractivity contribution in [3.05, 3.63) is 52.5 Å². The molecule has 0 aliphatic carbocycles. The van der Waals surface area contributed by atoms with E-state index in [1.165, 1.54) is 32.2 Å². The van der Waals surface area contributed by atoms with Crippen molar-refractivity contribution in [3.63, 3.8) is 0 Å². The van der Waals surface area contributed by atoms with E-state index >= 15 is 0 Å². The maximum atomic E-state index is 12.7. The molecule has 0 aromatic heterocycles. The highest BCUT2D eigenvalue weighted by Crippen LogP contribution is 2.29. The van der Waals surface area contributed by atoms with Gasteiger partial charge in [0.05, 0.1) is 24.7 Å². The Hall–Kier alpha value is -1.96. The van der Waals surface area contributed by atoms with Crippen molar-refractivity contribution < 1.29 is 17.9 Å². The molecule has 2 rings (SSSR count). The third kappa shape index (κ3) is 4.81. The number of methoxy groups -OCH3 is 1. The SMILES string of the molecule is COc1ccccc1NC(=O)C(C)N(c1cc(Cl)cc(Cl)c1)S(C)(=O)=O. The summed E-state index contributed by atoms with van der Waals surface area (Å²) in [5, 5.41) is 3.20. The number of benzene rings is 2. The summed E-state index contributed by atoms with van der Waals surface area (Å²) in [6.45, 7) is 1.47. The number of sulfonamides is 1. The van der Waals surface area contributed by atoms with Gasteiger partial charge in [-0.1, -0.05) is 35.3 Å². The molecule has 1 N–H and O–H groups in total. The molecule has 0 heterocycles. The second-order valence-electron chi connectivity index (χ2n) is 5.55. The van der Waals surface area contributed by atoms with Crippen molar-refractivity contribution in [2.24, 2.45) is 0 Å². The highest BCUT2D eigenvalue weighted by molar-refractivity contribution is 7.92. The lowest BCUT2D eigenvalue weighted by Crippen LogP contribution is -2.45. The summed E-state index contributed by atoms with van der Waals surface area (Å²) in [6, 6.07) is 10.1. The van der Waals surface area contributed by atoms with Gasteiger partial charge < -0.3 is 10.1 Å². The van der Waals surface area contributed by atoms with E-state index in [1.807, 2.05) is 0 Å². The van der Waals surface area contributed by atoms with Crippen LogP contribution < -0.4 is 14.4 Å². The van der Waals surface area contributed by atoms with E-state index < -0.39 is 22.0 Å².